The summed E-state index contributed by atoms with van der Waals surface area (Å²) in [5.41, 5.74) is 4.85. The molecule has 0 saturated carbocycles. The van der Waals surface area contributed by atoms with Crippen molar-refractivity contribution in [2.24, 2.45) is 0 Å². The van der Waals surface area contributed by atoms with Gasteiger partial charge in [0.1, 0.15) is 17.6 Å². The van der Waals surface area contributed by atoms with Gasteiger partial charge in [-0.2, -0.15) is 0 Å². The monoisotopic (exact) mass is 458 g/mol. The van der Waals surface area contributed by atoms with Crippen molar-refractivity contribution in [1.82, 2.24) is 15.2 Å². The van der Waals surface area contributed by atoms with Crippen LogP contribution in [0.15, 0.2) is 78.0 Å². The van der Waals surface area contributed by atoms with Gasteiger partial charge < -0.3 is 10.1 Å². The number of ether oxygens (including phenoxy) is 1. The van der Waals surface area contributed by atoms with Crippen LogP contribution in [0.25, 0.3) is 0 Å². The molecule has 168 valence electrons. The SMILES string of the molecule is Cc1ccc(C)c(NC(=O)[C@H](Sc2n[nH]c(COc3ccccc3C)n2)c2ccccc2)c1. The molecule has 0 radical (unpaired) electrons. The lowest BCUT2D eigenvalue weighted by atomic mass is 10.1. The van der Waals surface area contributed by atoms with Crippen molar-refractivity contribution in [3.63, 3.8) is 0 Å². The zero-order valence-electron chi connectivity index (χ0n) is 18.8. The summed E-state index contributed by atoms with van der Waals surface area (Å²) in [4.78, 5) is 17.8. The van der Waals surface area contributed by atoms with Gasteiger partial charge in [-0.05, 0) is 55.2 Å². The van der Waals surface area contributed by atoms with Crippen LogP contribution in [0.1, 0.15) is 33.3 Å². The third kappa shape index (κ3) is 5.81. The van der Waals surface area contributed by atoms with E-state index in [-0.39, 0.29) is 12.5 Å². The lowest BCUT2D eigenvalue weighted by Crippen LogP contribution is -2.19. The molecule has 33 heavy (non-hydrogen) atoms. The normalized spacial score (nSPS) is 11.7. The number of H-pyrrole nitrogens is 1. The second-order valence-electron chi connectivity index (χ2n) is 7.84. The van der Waals surface area contributed by atoms with Crippen LogP contribution in [0.5, 0.6) is 5.75 Å². The molecule has 7 heteroatoms. The van der Waals surface area contributed by atoms with Gasteiger partial charge in [0.2, 0.25) is 11.1 Å². The van der Waals surface area contributed by atoms with Gasteiger partial charge in [0.25, 0.3) is 0 Å². The quantitative estimate of drug-likeness (QED) is 0.327. The highest BCUT2D eigenvalue weighted by molar-refractivity contribution is 8.00. The first-order valence-corrected chi connectivity index (χ1v) is 11.6. The fourth-order valence-electron chi connectivity index (χ4n) is 3.33. The van der Waals surface area contributed by atoms with Crippen LogP contribution in [-0.4, -0.2) is 21.1 Å². The maximum Gasteiger partial charge on any atom is 0.242 e. The Morgan fingerprint density at radius 3 is 2.55 bits per heavy atom. The van der Waals surface area contributed by atoms with Crippen LogP contribution in [0, 0.1) is 20.8 Å². The highest BCUT2D eigenvalue weighted by Gasteiger charge is 2.24. The Labute approximate surface area is 197 Å². The average molecular weight is 459 g/mol. The molecule has 0 aliphatic heterocycles. The number of aryl methyl sites for hydroxylation is 3. The first kappa shape index (κ1) is 22.6. The van der Waals surface area contributed by atoms with Gasteiger partial charge in [-0.1, -0.05) is 72.4 Å². The van der Waals surface area contributed by atoms with Gasteiger partial charge in [-0.25, -0.2) is 4.98 Å². The number of thioether (sulfide) groups is 1. The lowest BCUT2D eigenvalue weighted by Gasteiger charge is -2.17. The van der Waals surface area contributed by atoms with Crippen LogP contribution in [-0.2, 0) is 11.4 Å². The largest absolute Gasteiger partial charge is 0.485 e. The minimum Gasteiger partial charge on any atom is -0.485 e. The molecule has 4 aromatic rings. The maximum absolute atomic E-state index is 13.3. The highest BCUT2D eigenvalue weighted by atomic mass is 32.2. The Morgan fingerprint density at radius 2 is 1.76 bits per heavy atom. The summed E-state index contributed by atoms with van der Waals surface area (Å²) in [5.74, 6) is 1.28. The molecule has 3 aromatic carbocycles. The first-order chi connectivity index (χ1) is 16.0. The predicted molar refractivity (Wildman–Crippen MR) is 131 cm³/mol. The number of carbonyl (C=O) groups is 1. The van der Waals surface area contributed by atoms with E-state index in [4.69, 9.17) is 4.74 Å². The number of benzene rings is 3. The van der Waals surface area contributed by atoms with Crippen LogP contribution < -0.4 is 10.1 Å². The van der Waals surface area contributed by atoms with Crippen molar-refractivity contribution in [3.05, 3.63) is 101 Å². The minimum atomic E-state index is -0.507. The van der Waals surface area contributed by atoms with Gasteiger partial charge in [0.15, 0.2) is 5.82 Å². The number of amides is 1. The van der Waals surface area contributed by atoms with E-state index in [1.807, 2.05) is 93.6 Å². The molecule has 0 bridgehead atoms. The van der Waals surface area contributed by atoms with E-state index in [9.17, 15) is 4.79 Å². The molecule has 2 N–H and O–H groups in total. The Kier molecular flexibility index (Phi) is 7.10. The summed E-state index contributed by atoms with van der Waals surface area (Å²) in [6, 6.07) is 23.5. The summed E-state index contributed by atoms with van der Waals surface area (Å²) in [6.07, 6.45) is 0. The Hall–Kier alpha value is -3.58. The van der Waals surface area contributed by atoms with Gasteiger partial charge in [0.05, 0.1) is 0 Å². The van der Waals surface area contributed by atoms with Crippen LogP contribution in [0.3, 0.4) is 0 Å². The average Bonchev–Trinajstić information content (AvgIpc) is 3.27. The molecule has 4 rings (SSSR count). The molecule has 0 unspecified atom stereocenters. The third-order valence-corrected chi connectivity index (χ3v) is 6.30. The number of para-hydroxylation sites is 1. The van der Waals surface area contributed by atoms with Crippen molar-refractivity contribution >= 4 is 23.4 Å². The lowest BCUT2D eigenvalue weighted by molar-refractivity contribution is -0.115. The molecule has 0 aliphatic rings. The van der Waals surface area contributed by atoms with Gasteiger partial charge in [0, 0.05) is 5.69 Å². The zero-order chi connectivity index (χ0) is 23.2. The second kappa shape index (κ2) is 10.4. The number of hydrogen-bond donors (Lipinski definition) is 2. The van der Waals surface area contributed by atoms with E-state index in [0.29, 0.717) is 11.0 Å². The molecule has 0 aliphatic carbocycles. The zero-order valence-corrected chi connectivity index (χ0v) is 19.6. The second-order valence-corrected chi connectivity index (χ2v) is 8.91. The fourth-order valence-corrected chi connectivity index (χ4v) is 4.27. The number of nitrogens with zero attached hydrogens (tertiary/aromatic N) is 2. The number of hydrogen-bond acceptors (Lipinski definition) is 5. The Balaban J connectivity index is 1.50. The number of anilines is 1. The van der Waals surface area contributed by atoms with Crippen LogP contribution >= 0.6 is 11.8 Å². The van der Waals surface area contributed by atoms with Crippen molar-refractivity contribution in [2.45, 2.75) is 37.8 Å². The molecule has 0 saturated heterocycles. The maximum atomic E-state index is 13.3. The summed E-state index contributed by atoms with van der Waals surface area (Å²) in [6.45, 7) is 6.25. The fraction of sp³-hybridized carbons (Fsp3) is 0.192. The van der Waals surface area contributed by atoms with Crippen molar-refractivity contribution < 1.29 is 9.53 Å². The smallest absolute Gasteiger partial charge is 0.242 e. The van der Waals surface area contributed by atoms with E-state index in [1.165, 1.54) is 11.8 Å². The number of aromatic amines is 1. The molecule has 1 amide bonds. The van der Waals surface area contributed by atoms with Crippen LogP contribution in [0.2, 0.25) is 0 Å². The van der Waals surface area contributed by atoms with Crippen molar-refractivity contribution in [2.75, 3.05) is 5.32 Å². The molecule has 1 aromatic heterocycles. The predicted octanol–water partition coefficient (Wildman–Crippen LogP) is 5.78. The summed E-state index contributed by atoms with van der Waals surface area (Å²) >= 11 is 1.30. The minimum absolute atomic E-state index is 0.123. The topological polar surface area (TPSA) is 79.9 Å². The molecule has 6 nitrogen and oxygen atoms in total. The Morgan fingerprint density at radius 1 is 1.00 bits per heavy atom. The number of rotatable bonds is 8. The van der Waals surface area contributed by atoms with E-state index in [1.54, 1.807) is 0 Å². The molecular formula is C26H26N4O2S. The number of carbonyl (C=O) groups excluding carboxylic acids is 1. The standard InChI is InChI=1S/C26H26N4O2S/c1-17-13-14-18(2)21(15-17)27-25(31)24(20-10-5-4-6-11-20)33-26-28-23(29-30-26)16-32-22-12-8-7-9-19(22)3/h4-15,24H,16H2,1-3H3,(H,27,31)(H,28,29,30)/t24-/m1/s1. The third-order valence-electron chi connectivity index (χ3n) is 5.18. The first-order valence-electron chi connectivity index (χ1n) is 10.7. The van der Waals surface area contributed by atoms with Gasteiger partial charge in [-0.15, -0.1) is 5.10 Å². The van der Waals surface area contributed by atoms with E-state index < -0.39 is 5.25 Å². The van der Waals surface area contributed by atoms with Gasteiger partial charge in [-0.3, -0.25) is 9.89 Å². The molecule has 1 atom stereocenters. The molecule has 1 heterocycles. The summed E-state index contributed by atoms with van der Waals surface area (Å²) in [5, 5.41) is 10.3. The van der Waals surface area contributed by atoms with Crippen LogP contribution in [0.4, 0.5) is 5.69 Å². The molecule has 0 fully saturated rings. The summed E-state index contributed by atoms with van der Waals surface area (Å²) in [7, 11) is 0. The summed E-state index contributed by atoms with van der Waals surface area (Å²) < 4.78 is 5.85. The highest BCUT2D eigenvalue weighted by Crippen LogP contribution is 2.35. The van der Waals surface area contributed by atoms with Crippen molar-refractivity contribution in [1.29, 1.82) is 0 Å². The van der Waals surface area contributed by atoms with Gasteiger partial charge >= 0.3 is 0 Å². The van der Waals surface area contributed by atoms with E-state index >= 15 is 0 Å². The van der Waals surface area contributed by atoms with E-state index in [2.05, 4.69) is 20.5 Å². The molecule has 0 spiro atoms. The van der Waals surface area contributed by atoms with E-state index in [0.717, 1.165) is 33.7 Å². The molecular weight excluding hydrogens is 432 g/mol. The Bertz CT molecular complexity index is 1240. The van der Waals surface area contributed by atoms with Crippen molar-refractivity contribution in [3.8, 4) is 5.75 Å². The number of aromatic nitrogens is 3. The number of nitrogens with one attached hydrogen (secondary N) is 2.